The van der Waals surface area contributed by atoms with E-state index < -0.39 is 0 Å². The minimum atomic E-state index is -0.299. The van der Waals surface area contributed by atoms with E-state index in [0.29, 0.717) is 54.1 Å². The largest absolute Gasteiger partial charge is 0.481 e. The van der Waals surface area contributed by atoms with E-state index >= 15 is 0 Å². The van der Waals surface area contributed by atoms with Gasteiger partial charge in [-0.15, -0.1) is 10.2 Å². The van der Waals surface area contributed by atoms with Crippen LogP contribution in [0.1, 0.15) is 11.9 Å². The van der Waals surface area contributed by atoms with Gasteiger partial charge in [0.1, 0.15) is 6.04 Å². The van der Waals surface area contributed by atoms with Crippen molar-refractivity contribution >= 4 is 17.5 Å². The number of ether oxygens (including phenoxy) is 2. The molecular formula is C21H20ClN7O3. The van der Waals surface area contributed by atoms with Crippen molar-refractivity contribution in [2.45, 2.75) is 6.04 Å². The molecule has 5 rings (SSSR count). The Bertz CT molecular complexity index is 1240. The number of hydrogen-bond donors (Lipinski definition) is 0. The predicted molar refractivity (Wildman–Crippen MR) is 116 cm³/mol. The molecule has 1 aromatic carbocycles. The van der Waals surface area contributed by atoms with Gasteiger partial charge >= 0.3 is 0 Å². The summed E-state index contributed by atoms with van der Waals surface area (Å²) in [5.41, 5.74) is 1.63. The zero-order valence-corrected chi connectivity index (χ0v) is 18.2. The molecule has 11 heteroatoms. The van der Waals surface area contributed by atoms with Crippen LogP contribution in [0.3, 0.4) is 0 Å². The standard InChI is InChI=1S/C21H20ClN7O3/c1-28-19(14-6-7-23-17(11-14)30-2)25-26-21(28)29-8-9-31-12-16(29)20-24-18(27-32-20)13-4-3-5-15(22)10-13/h3-7,10-11,16H,8-9,12H2,1-2H3. The van der Waals surface area contributed by atoms with Gasteiger partial charge in [0.2, 0.25) is 17.7 Å². The highest BCUT2D eigenvalue weighted by atomic mass is 35.5. The molecule has 1 aliphatic heterocycles. The topological polar surface area (TPSA) is 104 Å². The van der Waals surface area contributed by atoms with Crippen LogP contribution in [0.4, 0.5) is 5.95 Å². The summed E-state index contributed by atoms with van der Waals surface area (Å²) in [5, 5.41) is 13.6. The zero-order valence-electron chi connectivity index (χ0n) is 17.5. The fourth-order valence-corrected chi connectivity index (χ4v) is 3.84. The Morgan fingerprint density at radius 3 is 2.91 bits per heavy atom. The van der Waals surface area contributed by atoms with Crippen molar-refractivity contribution in [1.82, 2.24) is 29.9 Å². The molecule has 10 nitrogen and oxygen atoms in total. The number of rotatable bonds is 5. The number of methoxy groups -OCH3 is 1. The minimum absolute atomic E-state index is 0.299. The summed E-state index contributed by atoms with van der Waals surface area (Å²) >= 11 is 6.10. The van der Waals surface area contributed by atoms with Crippen molar-refractivity contribution in [2.24, 2.45) is 7.05 Å². The van der Waals surface area contributed by atoms with Gasteiger partial charge in [0.25, 0.3) is 5.89 Å². The molecule has 1 aliphatic rings. The number of halogens is 1. The normalized spacial score (nSPS) is 16.3. The predicted octanol–water partition coefficient (Wildman–Crippen LogP) is 3.17. The molecule has 0 spiro atoms. The van der Waals surface area contributed by atoms with Crippen LogP contribution in [0, 0.1) is 0 Å². The number of morpholine rings is 1. The third kappa shape index (κ3) is 3.78. The smallest absolute Gasteiger partial charge is 0.252 e. The van der Waals surface area contributed by atoms with E-state index in [9.17, 15) is 0 Å². The van der Waals surface area contributed by atoms with Crippen molar-refractivity contribution < 1.29 is 14.0 Å². The fraction of sp³-hybridized carbons (Fsp3) is 0.286. The van der Waals surface area contributed by atoms with Crippen molar-refractivity contribution in [3.63, 3.8) is 0 Å². The maximum absolute atomic E-state index is 6.10. The second kappa shape index (κ2) is 8.56. The average molecular weight is 454 g/mol. The summed E-state index contributed by atoms with van der Waals surface area (Å²) in [5.74, 6) is 2.78. The van der Waals surface area contributed by atoms with Crippen LogP contribution in [-0.2, 0) is 11.8 Å². The number of hydrogen-bond acceptors (Lipinski definition) is 9. The van der Waals surface area contributed by atoms with Crippen molar-refractivity contribution in [3.05, 3.63) is 53.5 Å². The van der Waals surface area contributed by atoms with Crippen LogP contribution >= 0.6 is 11.6 Å². The van der Waals surface area contributed by atoms with Gasteiger partial charge in [-0.3, -0.25) is 4.57 Å². The van der Waals surface area contributed by atoms with E-state index in [0.717, 1.165) is 11.1 Å². The molecule has 4 aromatic rings. The lowest BCUT2D eigenvalue weighted by Gasteiger charge is -2.33. The van der Waals surface area contributed by atoms with E-state index in [1.807, 2.05) is 35.9 Å². The minimum Gasteiger partial charge on any atom is -0.481 e. The van der Waals surface area contributed by atoms with E-state index in [2.05, 4.69) is 30.2 Å². The molecule has 3 aromatic heterocycles. The van der Waals surface area contributed by atoms with Crippen molar-refractivity contribution in [3.8, 4) is 28.7 Å². The number of benzene rings is 1. The van der Waals surface area contributed by atoms with Gasteiger partial charge in [0.05, 0.1) is 20.3 Å². The van der Waals surface area contributed by atoms with Crippen LogP contribution in [0.5, 0.6) is 5.88 Å². The van der Waals surface area contributed by atoms with Gasteiger partial charge in [-0.25, -0.2) is 4.98 Å². The summed E-state index contributed by atoms with van der Waals surface area (Å²) in [6.45, 7) is 1.55. The molecule has 32 heavy (non-hydrogen) atoms. The van der Waals surface area contributed by atoms with Crippen molar-refractivity contribution in [2.75, 3.05) is 31.8 Å². The third-order valence-corrected chi connectivity index (χ3v) is 5.48. The zero-order chi connectivity index (χ0) is 22.1. The summed E-state index contributed by atoms with van der Waals surface area (Å²) in [6.07, 6.45) is 1.68. The van der Waals surface area contributed by atoms with Gasteiger partial charge in [-0.2, -0.15) is 4.98 Å². The van der Waals surface area contributed by atoms with Crippen LogP contribution in [0.25, 0.3) is 22.8 Å². The molecule has 4 heterocycles. The molecule has 0 aliphatic carbocycles. The van der Waals surface area contributed by atoms with Gasteiger partial charge in [0, 0.05) is 42.0 Å². The lowest BCUT2D eigenvalue weighted by atomic mass is 10.2. The Kier molecular flexibility index (Phi) is 5.46. The number of aromatic nitrogens is 6. The highest BCUT2D eigenvalue weighted by molar-refractivity contribution is 6.30. The SMILES string of the molecule is COc1cc(-c2nnc(N3CCOCC3c3nc(-c4cccc(Cl)c4)no3)n2C)ccn1. The Morgan fingerprint density at radius 1 is 1.16 bits per heavy atom. The summed E-state index contributed by atoms with van der Waals surface area (Å²) < 4.78 is 18.5. The van der Waals surface area contributed by atoms with Crippen LogP contribution in [-0.4, -0.2) is 56.8 Å². The Balaban J connectivity index is 1.46. The first-order valence-electron chi connectivity index (χ1n) is 9.98. The van der Waals surface area contributed by atoms with E-state index in [1.54, 1.807) is 25.4 Å². The lowest BCUT2D eigenvalue weighted by Crippen LogP contribution is -2.41. The Labute approximate surface area is 188 Å². The first-order chi connectivity index (χ1) is 15.6. The number of pyridine rings is 1. The molecule has 0 saturated carbocycles. The van der Waals surface area contributed by atoms with E-state index in [1.165, 1.54) is 0 Å². The van der Waals surface area contributed by atoms with Gasteiger partial charge < -0.3 is 18.9 Å². The summed E-state index contributed by atoms with van der Waals surface area (Å²) in [6, 6.07) is 10.7. The molecule has 1 unspecified atom stereocenters. The number of anilines is 1. The first kappa shape index (κ1) is 20.4. The van der Waals surface area contributed by atoms with Gasteiger partial charge in [-0.1, -0.05) is 28.9 Å². The molecule has 0 N–H and O–H groups in total. The third-order valence-electron chi connectivity index (χ3n) is 5.25. The maximum atomic E-state index is 6.10. The molecular weight excluding hydrogens is 434 g/mol. The molecule has 0 bridgehead atoms. The van der Waals surface area contributed by atoms with Crippen LogP contribution in [0.2, 0.25) is 5.02 Å². The average Bonchev–Trinajstić information content (AvgIpc) is 3.46. The van der Waals surface area contributed by atoms with Crippen molar-refractivity contribution in [1.29, 1.82) is 0 Å². The quantitative estimate of drug-likeness (QED) is 0.450. The molecule has 1 atom stereocenters. The number of nitrogens with zero attached hydrogens (tertiary/aromatic N) is 7. The molecule has 1 saturated heterocycles. The van der Waals surface area contributed by atoms with Crippen LogP contribution in [0.15, 0.2) is 47.1 Å². The van der Waals surface area contributed by atoms with E-state index in [4.69, 9.17) is 25.6 Å². The summed E-state index contributed by atoms with van der Waals surface area (Å²) in [7, 11) is 3.49. The highest BCUT2D eigenvalue weighted by Gasteiger charge is 2.33. The van der Waals surface area contributed by atoms with Gasteiger partial charge in [0.15, 0.2) is 5.82 Å². The molecule has 164 valence electrons. The molecule has 1 fully saturated rings. The second-order valence-electron chi connectivity index (χ2n) is 7.22. The van der Waals surface area contributed by atoms with Crippen LogP contribution < -0.4 is 9.64 Å². The lowest BCUT2D eigenvalue weighted by molar-refractivity contribution is 0.0826. The monoisotopic (exact) mass is 453 g/mol. The maximum Gasteiger partial charge on any atom is 0.252 e. The fourth-order valence-electron chi connectivity index (χ4n) is 3.65. The second-order valence-corrected chi connectivity index (χ2v) is 7.66. The molecule has 0 amide bonds. The van der Waals surface area contributed by atoms with E-state index in [-0.39, 0.29) is 6.04 Å². The Morgan fingerprint density at radius 2 is 2.06 bits per heavy atom. The highest BCUT2D eigenvalue weighted by Crippen LogP contribution is 2.31. The first-order valence-corrected chi connectivity index (χ1v) is 10.4. The Hall–Kier alpha value is -3.50. The van der Waals surface area contributed by atoms with Gasteiger partial charge in [-0.05, 0) is 18.2 Å². The molecule has 0 radical (unpaired) electrons. The summed E-state index contributed by atoms with van der Waals surface area (Å²) in [4.78, 5) is 10.8.